The molecule has 0 aliphatic carbocycles. The fourth-order valence-electron chi connectivity index (χ4n) is 4.90. The highest BCUT2D eigenvalue weighted by Crippen LogP contribution is 2.43. The number of fused-ring (bicyclic) bond motifs is 1. The van der Waals surface area contributed by atoms with Crippen LogP contribution in [0.3, 0.4) is 0 Å². The summed E-state index contributed by atoms with van der Waals surface area (Å²) in [6.07, 6.45) is 0.497. The van der Waals surface area contributed by atoms with Crippen LogP contribution >= 0.6 is 11.6 Å². The largest absolute Gasteiger partial charge is 0.511 e. The van der Waals surface area contributed by atoms with Crippen molar-refractivity contribution < 1.29 is 35.9 Å². The van der Waals surface area contributed by atoms with Gasteiger partial charge in [-0.25, -0.2) is 13.1 Å². The Kier molecular flexibility index (Phi) is 9.49. The summed E-state index contributed by atoms with van der Waals surface area (Å²) >= 11 is 6.06. The Hall–Kier alpha value is -3.61. The number of amides is 2. The summed E-state index contributed by atoms with van der Waals surface area (Å²) in [4.78, 5) is 30.0. The molecule has 0 saturated carbocycles. The number of anilines is 2. The topological polar surface area (TPSA) is 96.0 Å². The number of nitrogens with zero attached hydrogens (tertiary/aromatic N) is 2. The van der Waals surface area contributed by atoms with Crippen molar-refractivity contribution in [1.82, 2.24) is 4.72 Å². The Morgan fingerprint density at radius 2 is 1.69 bits per heavy atom. The van der Waals surface area contributed by atoms with E-state index in [9.17, 15) is 31.2 Å². The Labute approximate surface area is 247 Å². The highest BCUT2D eigenvalue weighted by molar-refractivity contribution is 7.90. The molecule has 0 radical (unpaired) electrons. The van der Waals surface area contributed by atoms with E-state index in [0.717, 1.165) is 5.56 Å². The molecule has 4 rings (SSSR count). The quantitative estimate of drug-likeness (QED) is 0.292. The van der Waals surface area contributed by atoms with Crippen LogP contribution in [0.2, 0.25) is 5.02 Å². The zero-order valence-electron chi connectivity index (χ0n) is 22.8. The van der Waals surface area contributed by atoms with Crippen molar-refractivity contribution in [3.05, 3.63) is 88.9 Å². The van der Waals surface area contributed by atoms with Gasteiger partial charge in [0.2, 0.25) is 5.91 Å². The van der Waals surface area contributed by atoms with Crippen LogP contribution in [0.5, 0.6) is 5.75 Å². The molecule has 3 aromatic carbocycles. The predicted octanol–water partition coefficient (Wildman–Crippen LogP) is 6.08. The van der Waals surface area contributed by atoms with Crippen molar-refractivity contribution in [3.63, 3.8) is 0 Å². The minimum atomic E-state index is -5.39. The lowest BCUT2D eigenvalue weighted by atomic mass is 9.89. The molecule has 13 heteroatoms. The molecule has 1 N–H and O–H groups in total. The molecule has 0 aromatic heterocycles. The van der Waals surface area contributed by atoms with Crippen molar-refractivity contribution in [3.8, 4) is 5.75 Å². The smallest absolute Gasteiger partial charge is 0.494 e. The van der Waals surface area contributed by atoms with E-state index in [4.69, 9.17) is 16.3 Å². The molecule has 224 valence electrons. The molecule has 42 heavy (non-hydrogen) atoms. The summed E-state index contributed by atoms with van der Waals surface area (Å²) in [5.74, 6) is -0.0164. The second kappa shape index (κ2) is 12.7. The average molecular weight is 624 g/mol. The van der Waals surface area contributed by atoms with Crippen molar-refractivity contribution in [2.75, 3.05) is 23.0 Å². The molecule has 0 bridgehead atoms. The minimum absolute atomic E-state index is 0.00648. The number of hydrogen-bond donors (Lipinski definition) is 1. The van der Waals surface area contributed by atoms with Gasteiger partial charge >= 0.3 is 15.5 Å². The van der Waals surface area contributed by atoms with E-state index >= 15 is 0 Å². The third kappa shape index (κ3) is 6.88. The van der Waals surface area contributed by atoms with Crippen molar-refractivity contribution in [2.24, 2.45) is 0 Å². The maximum absolute atomic E-state index is 13.7. The van der Waals surface area contributed by atoms with Gasteiger partial charge in [0.1, 0.15) is 5.75 Å². The third-order valence-corrected chi connectivity index (χ3v) is 8.27. The number of halogens is 4. The first-order valence-corrected chi connectivity index (χ1v) is 14.9. The molecular formula is C29H29ClF3N3O5S. The number of alkyl halides is 3. The maximum atomic E-state index is 13.7. The zero-order chi connectivity index (χ0) is 30.7. The number of sulfonamides is 1. The van der Waals surface area contributed by atoms with Crippen molar-refractivity contribution in [2.45, 2.75) is 44.3 Å². The third-order valence-electron chi connectivity index (χ3n) is 6.82. The highest BCUT2D eigenvalue weighted by Gasteiger charge is 2.45. The molecule has 2 unspecified atom stereocenters. The average Bonchev–Trinajstić information content (AvgIpc) is 2.93. The van der Waals surface area contributed by atoms with E-state index in [0.29, 0.717) is 34.1 Å². The van der Waals surface area contributed by atoms with Gasteiger partial charge in [0.05, 0.1) is 12.6 Å². The van der Waals surface area contributed by atoms with Crippen LogP contribution in [0.25, 0.3) is 0 Å². The lowest BCUT2D eigenvalue weighted by Gasteiger charge is -2.43. The Bertz CT molecular complexity index is 1530. The summed E-state index contributed by atoms with van der Waals surface area (Å²) in [6.45, 7) is 2.95. The van der Waals surface area contributed by atoms with Crippen LogP contribution in [-0.2, 0) is 14.8 Å². The first-order valence-electron chi connectivity index (χ1n) is 13.1. The lowest BCUT2D eigenvalue weighted by Crippen LogP contribution is -2.47. The number of carbonyl (C=O) groups excluding carboxylic acids is 2. The molecule has 1 aliphatic heterocycles. The van der Waals surface area contributed by atoms with Crippen molar-refractivity contribution >= 4 is 44.8 Å². The summed E-state index contributed by atoms with van der Waals surface area (Å²) in [5.41, 5.74) is -2.76. The molecule has 1 aliphatic rings. The van der Waals surface area contributed by atoms with Gasteiger partial charge in [0.25, 0.3) is 5.91 Å². The van der Waals surface area contributed by atoms with Gasteiger partial charge in [-0.15, -0.1) is 0 Å². The monoisotopic (exact) mass is 623 g/mol. The van der Waals surface area contributed by atoms with Crippen LogP contribution in [0.15, 0.2) is 72.8 Å². The second-order valence-electron chi connectivity index (χ2n) is 9.77. The van der Waals surface area contributed by atoms with E-state index in [1.54, 1.807) is 58.3 Å². The van der Waals surface area contributed by atoms with Crippen LogP contribution in [0.1, 0.15) is 48.7 Å². The summed E-state index contributed by atoms with van der Waals surface area (Å²) < 4.78 is 66.2. The van der Waals surface area contributed by atoms with E-state index in [2.05, 4.69) is 0 Å². The molecule has 0 saturated heterocycles. The normalized spacial score (nSPS) is 17.0. The van der Waals surface area contributed by atoms with Gasteiger partial charge in [-0.2, -0.15) is 13.2 Å². The predicted molar refractivity (Wildman–Crippen MR) is 154 cm³/mol. The Morgan fingerprint density at radius 3 is 2.31 bits per heavy atom. The van der Waals surface area contributed by atoms with Crippen LogP contribution in [0, 0.1) is 0 Å². The SMILES string of the molecule is CC(=O)N(c1ccc(Cl)cc1)C1CC(C)N(C(=O)c2ccc(OCCCNS(=O)(=O)C(F)(F)F)cc2)c2ccccc21. The number of hydrogen-bond acceptors (Lipinski definition) is 5. The fourth-order valence-corrected chi connectivity index (χ4v) is 5.60. The number of carbonyl (C=O) groups is 2. The number of benzene rings is 3. The first-order chi connectivity index (χ1) is 19.8. The lowest BCUT2D eigenvalue weighted by molar-refractivity contribution is -0.117. The van der Waals surface area contributed by atoms with E-state index in [1.165, 1.54) is 11.6 Å². The summed E-state index contributed by atoms with van der Waals surface area (Å²) in [5, 5.41) is 0.557. The molecule has 1 heterocycles. The summed E-state index contributed by atoms with van der Waals surface area (Å²) in [6, 6.07) is 20.2. The standard InChI is InChI=1S/C29H29ClF3N3O5S/c1-19-18-27(36(20(2)37)23-12-10-22(30)11-13-23)25-6-3-4-7-26(25)35(19)28(38)21-8-14-24(15-9-21)41-17-5-16-34-42(39,40)29(31,32)33/h3-4,6-15,19,27,34H,5,16-18H2,1-2H3. The maximum Gasteiger partial charge on any atom is 0.511 e. The van der Waals surface area contributed by atoms with Gasteiger partial charge in [-0.05, 0) is 79.9 Å². The highest BCUT2D eigenvalue weighted by atomic mass is 35.5. The number of ether oxygens (including phenoxy) is 1. The molecule has 0 fully saturated rings. The van der Waals surface area contributed by atoms with Crippen LogP contribution in [0.4, 0.5) is 24.5 Å². The van der Waals surface area contributed by atoms with Gasteiger partial charge in [-0.3, -0.25) is 9.59 Å². The van der Waals surface area contributed by atoms with E-state index < -0.39 is 22.1 Å². The van der Waals surface area contributed by atoms with Crippen molar-refractivity contribution in [1.29, 1.82) is 0 Å². The van der Waals surface area contributed by atoms with Gasteiger partial charge in [0, 0.05) is 41.5 Å². The number of nitrogens with one attached hydrogen (secondary N) is 1. The Morgan fingerprint density at radius 1 is 1.05 bits per heavy atom. The van der Waals surface area contributed by atoms with Gasteiger partial charge in [0.15, 0.2) is 0 Å². The molecule has 3 aromatic rings. The van der Waals surface area contributed by atoms with E-state index in [1.807, 2.05) is 31.2 Å². The number of rotatable bonds is 9. The molecule has 2 atom stereocenters. The number of para-hydroxylation sites is 1. The molecule has 2 amide bonds. The minimum Gasteiger partial charge on any atom is -0.494 e. The Balaban J connectivity index is 1.47. The zero-order valence-corrected chi connectivity index (χ0v) is 24.3. The van der Waals surface area contributed by atoms with E-state index in [-0.39, 0.29) is 36.9 Å². The first kappa shape index (κ1) is 31.3. The van der Waals surface area contributed by atoms with Crippen LogP contribution < -0.4 is 19.3 Å². The molecular weight excluding hydrogens is 595 g/mol. The summed E-state index contributed by atoms with van der Waals surface area (Å²) in [7, 11) is -5.39. The fraction of sp³-hybridized carbons (Fsp3) is 0.310. The van der Waals surface area contributed by atoms with Gasteiger partial charge < -0.3 is 14.5 Å². The molecule has 0 spiro atoms. The van der Waals surface area contributed by atoms with Crippen LogP contribution in [-0.4, -0.2) is 44.9 Å². The molecule has 8 nitrogen and oxygen atoms in total. The second-order valence-corrected chi connectivity index (χ2v) is 12.0. The van der Waals surface area contributed by atoms with Gasteiger partial charge in [-0.1, -0.05) is 29.8 Å².